The molecule has 3 heteroatoms. The van der Waals surface area contributed by atoms with Crippen LogP contribution in [-0.4, -0.2) is 26.2 Å². The zero-order valence-corrected chi connectivity index (χ0v) is 10.6. The van der Waals surface area contributed by atoms with Gasteiger partial charge in [-0.2, -0.15) is 0 Å². The van der Waals surface area contributed by atoms with Crippen LogP contribution < -0.4 is 15.4 Å². The highest BCUT2D eigenvalue weighted by Crippen LogP contribution is 2.16. The Morgan fingerprint density at radius 2 is 1.94 bits per heavy atom. The average Bonchev–Trinajstić information content (AvgIpc) is 2.29. The molecule has 0 bridgehead atoms. The molecule has 0 unspecified atom stereocenters. The quantitative estimate of drug-likeness (QED) is 0.770. The van der Waals surface area contributed by atoms with E-state index in [2.05, 4.69) is 30.5 Å². The van der Waals surface area contributed by atoms with Crippen LogP contribution in [0.4, 0.5) is 0 Å². The molecule has 0 heterocycles. The average molecular weight is 222 g/mol. The first kappa shape index (κ1) is 13.0. The maximum absolute atomic E-state index is 5.30. The first-order chi connectivity index (χ1) is 7.59. The van der Waals surface area contributed by atoms with Crippen molar-refractivity contribution in [2.75, 3.05) is 20.7 Å². The molecule has 0 aliphatic rings. The Kier molecular flexibility index (Phi) is 4.77. The third-order valence-corrected chi connectivity index (χ3v) is 2.75. The Labute approximate surface area is 98.2 Å². The third-order valence-electron chi connectivity index (χ3n) is 2.75. The van der Waals surface area contributed by atoms with Gasteiger partial charge in [0.05, 0.1) is 7.11 Å². The Hall–Kier alpha value is -1.06. The number of para-hydroxylation sites is 1. The van der Waals surface area contributed by atoms with E-state index >= 15 is 0 Å². The van der Waals surface area contributed by atoms with Gasteiger partial charge in [-0.3, -0.25) is 0 Å². The van der Waals surface area contributed by atoms with E-state index < -0.39 is 0 Å². The smallest absolute Gasteiger partial charge is 0.123 e. The van der Waals surface area contributed by atoms with Gasteiger partial charge in [0.15, 0.2) is 0 Å². The molecule has 3 nitrogen and oxygen atoms in total. The molecule has 16 heavy (non-hydrogen) atoms. The summed E-state index contributed by atoms with van der Waals surface area (Å²) in [5, 5.41) is 6.69. The van der Waals surface area contributed by atoms with Crippen LogP contribution >= 0.6 is 0 Å². The van der Waals surface area contributed by atoms with E-state index in [-0.39, 0.29) is 5.54 Å². The number of hydrogen-bond donors (Lipinski definition) is 2. The largest absolute Gasteiger partial charge is 0.496 e. The van der Waals surface area contributed by atoms with Crippen molar-refractivity contribution < 1.29 is 4.74 Å². The van der Waals surface area contributed by atoms with Gasteiger partial charge in [0, 0.05) is 24.2 Å². The van der Waals surface area contributed by atoms with Crippen LogP contribution in [-0.2, 0) is 6.54 Å². The lowest BCUT2D eigenvalue weighted by molar-refractivity contribution is 0.384. The van der Waals surface area contributed by atoms with Crippen LogP contribution in [0.15, 0.2) is 24.3 Å². The first-order valence-corrected chi connectivity index (χ1v) is 5.60. The molecular weight excluding hydrogens is 200 g/mol. The van der Waals surface area contributed by atoms with Crippen molar-refractivity contribution in [1.82, 2.24) is 10.6 Å². The fourth-order valence-electron chi connectivity index (χ4n) is 1.45. The number of nitrogens with one attached hydrogen (secondary N) is 2. The summed E-state index contributed by atoms with van der Waals surface area (Å²) in [4.78, 5) is 0. The Morgan fingerprint density at radius 3 is 2.56 bits per heavy atom. The van der Waals surface area contributed by atoms with Gasteiger partial charge >= 0.3 is 0 Å². The molecule has 0 atom stereocenters. The van der Waals surface area contributed by atoms with Gasteiger partial charge in [0.25, 0.3) is 0 Å². The molecule has 0 aliphatic heterocycles. The van der Waals surface area contributed by atoms with E-state index in [1.165, 1.54) is 5.56 Å². The van der Waals surface area contributed by atoms with Gasteiger partial charge in [0.1, 0.15) is 5.75 Å². The second-order valence-electron chi connectivity index (χ2n) is 4.55. The number of hydrogen-bond acceptors (Lipinski definition) is 3. The monoisotopic (exact) mass is 222 g/mol. The fourth-order valence-corrected chi connectivity index (χ4v) is 1.45. The Bertz CT molecular complexity index is 323. The number of ether oxygens (including phenoxy) is 1. The van der Waals surface area contributed by atoms with Crippen LogP contribution in [0, 0.1) is 0 Å². The summed E-state index contributed by atoms with van der Waals surface area (Å²) in [5.74, 6) is 0.942. The van der Waals surface area contributed by atoms with Gasteiger partial charge < -0.3 is 15.4 Å². The number of methoxy groups -OCH3 is 1. The molecule has 1 rings (SSSR count). The van der Waals surface area contributed by atoms with Crippen LogP contribution in [0.2, 0.25) is 0 Å². The normalized spacial score (nSPS) is 11.5. The molecule has 0 aliphatic carbocycles. The highest BCUT2D eigenvalue weighted by molar-refractivity contribution is 5.32. The van der Waals surface area contributed by atoms with Crippen LogP contribution in [0.5, 0.6) is 5.75 Å². The SMILES string of the molecule is CNC(C)(C)CNCc1ccccc1OC. The van der Waals surface area contributed by atoms with E-state index in [1.807, 2.05) is 25.2 Å². The fraction of sp³-hybridized carbons (Fsp3) is 0.538. The zero-order chi connectivity index (χ0) is 12.0. The summed E-state index contributed by atoms with van der Waals surface area (Å²) >= 11 is 0. The molecule has 0 saturated carbocycles. The van der Waals surface area contributed by atoms with Gasteiger partial charge in [-0.25, -0.2) is 0 Å². The molecule has 0 aromatic heterocycles. The molecule has 0 fully saturated rings. The second kappa shape index (κ2) is 5.87. The van der Waals surface area contributed by atoms with Gasteiger partial charge in [-0.05, 0) is 27.0 Å². The molecule has 90 valence electrons. The summed E-state index contributed by atoms with van der Waals surface area (Å²) < 4.78 is 5.30. The third kappa shape index (κ3) is 3.83. The minimum Gasteiger partial charge on any atom is -0.496 e. The molecule has 1 aromatic carbocycles. The lowest BCUT2D eigenvalue weighted by Crippen LogP contribution is -2.45. The van der Waals surface area contributed by atoms with E-state index in [1.54, 1.807) is 7.11 Å². The maximum atomic E-state index is 5.30. The number of likely N-dealkylation sites (N-methyl/N-ethyl adjacent to an activating group) is 1. The van der Waals surface area contributed by atoms with Crippen molar-refractivity contribution in [3.8, 4) is 5.75 Å². The number of benzene rings is 1. The highest BCUT2D eigenvalue weighted by atomic mass is 16.5. The highest BCUT2D eigenvalue weighted by Gasteiger charge is 2.13. The van der Waals surface area contributed by atoms with Crippen molar-refractivity contribution in [3.05, 3.63) is 29.8 Å². The predicted octanol–water partition coefficient (Wildman–Crippen LogP) is 1.78. The summed E-state index contributed by atoms with van der Waals surface area (Å²) in [6.07, 6.45) is 0. The predicted molar refractivity (Wildman–Crippen MR) is 67.8 cm³/mol. The van der Waals surface area contributed by atoms with Gasteiger partial charge in [0.2, 0.25) is 0 Å². The maximum Gasteiger partial charge on any atom is 0.123 e. The summed E-state index contributed by atoms with van der Waals surface area (Å²) in [6.45, 7) is 6.08. The number of rotatable bonds is 6. The Balaban J connectivity index is 2.49. The topological polar surface area (TPSA) is 33.3 Å². The molecular formula is C13H22N2O. The van der Waals surface area contributed by atoms with Crippen molar-refractivity contribution in [2.45, 2.75) is 25.9 Å². The molecule has 0 spiro atoms. The molecule has 1 aromatic rings. The van der Waals surface area contributed by atoms with Crippen molar-refractivity contribution in [1.29, 1.82) is 0 Å². The summed E-state index contributed by atoms with van der Waals surface area (Å²) in [6, 6.07) is 8.08. The molecule has 0 amide bonds. The molecule has 0 radical (unpaired) electrons. The van der Waals surface area contributed by atoms with E-state index in [0.29, 0.717) is 0 Å². The lowest BCUT2D eigenvalue weighted by atomic mass is 10.1. The van der Waals surface area contributed by atoms with Crippen LogP contribution in [0.1, 0.15) is 19.4 Å². The first-order valence-electron chi connectivity index (χ1n) is 5.60. The summed E-state index contributed by atoms with van der Waals surface area (Å²) in [7, 11) is 3.68. The van der Waals surface area contributed by atoms with E-state index in [9.17, 15) is 0 Å². The Morgan fingerprint density at radius 1 is 1.25 bits per heavy atom. The van der Waals surface area contributed by atoms with Gasteiger partial charge in [-0.15, -0.1) is 0 Å². The van der Waals surface area contributed by atoms with E-state index in [0.717, 1.165) is 18.8 Å². The second-order valence-corrected chi connectivity index (χ2v) is 4.55. The van der Waals surface area contributed by atoms with Crippen LogP contribution in [0.3, 0.4) is 0 Å². The summed E-state index contributed by atoms with van der Waals surface area (Å²) in [5.41, 5.74) is 1.30. The van der Waals surface area contributed by atoms with Gasteiger partial charge in [-0.1, -0.05) is 18.2 Å². The minimum atomic E-state index is 0.113. The van der Waals surface area contributed by atoms with Crippen molar-refractivity contribution in [3.63, 3.8) is 0 Å². The van der Waals surface area contributed by atoms with Crippen molar-refractivity contribution in [2.24, 2.45) is 0 Å². The molecule has 2 N–H and O–H groups in total. The van der Waals surface area contributed by atoms with E-state index in [4.69, 9.17) is 4.74 Å². The zero-order valence-electron chi connectivity index (χ0n) is 10.6. The minimum absolute atomic E-state index is 0.113. The standard InChI is InChI=1S/C13H22N2O/c1-13(2,14-3)10-15-9-11-7-5-6-8-12(11)16-4/h5-8,14-15H,9-10H2,1-4H3. The molecule has 0 saturated heterocycles. The van der Waals surface area contributed by atoms with Crippen molar-refractivity contribution >= 4 is 0 Å². The van der Waals surface area contributed by atoms with Crippen LogP contribution in [0.25, 0.3) is 0 Å². The lowest BCUT2D eigenvalue weighted by Gasteiger charge is -2.24.